The highest BCUT2D eigenvalue weighted by Gasteiger charge is 2.27. The number of nitrogens with zero attached hydrogens (tertiary/aromatic N) is 2. The number of benzene rings is 1. The molecule has 0 unspecified atom stereocenters. The van der Waals surface area contributed by atoms with Gasteiger partial charge in [-0.15, -0.1) is 0 Å². The van der Waals surface area contributed by atoms with Crippen LogP contribution in [0.2, 0.25) is 0 Å². The molecule has 0 saturated heterocycles. The normalized spacial score (nSPS) is 11.5. The quantitative estimate of drug-likeness (QED) is 0.923. The van der Waals surface area contributed by atoms with Gasteiger partial charge in [0.15, 0.2) is 5.82 Å². The minimum Gasteiger partial charge on any atom is -0.367 e. The summed E-state index contributed by atoms with van der Waals surface area (Å²) in [7, 11) is 1.73. The molecule has 118 valence electrons. The van der Waals surface area contributed by atoms with Gasteiger partial charge in [-0.3, -0.25) is 9.48 Å². The third kappa shape index (κ3) is 4.88. The zero-order valence-corrected chi connectivity index (χ0v) is 11.7. The van der Waals surface area contributed by atoms with E-state index in [1.807, 2.05) is 0 Å². The maximum Gasteiger partial charge on any atom is 0.411 e. The fraction of sp³-hybridized carbons (Fsp3) is 0.286. The van der Waals surface area contributed by atoms with Crippen LogP contribution in [0.4, 0.5) is 19.0 Å². The minimum absolute atomic E-state index is 0.165. The fourth-order valence-electron chi connectivity index (χ4n) is 1.71. The molecule has 0 radical (unpaired) electrons. The van der Waals surface area contributed by atoms with Crippen molar-refractivity contribution >= 4 is 11.7 Å². The summed E-state index contributed by atoms with van der Waals surface area (Å²) in [4.78, 5) is 11.9. The molecular formula is C14H14F3N3O2. The van der Waals surface area contributed by atoms with Crippen LogP contribution < -0.4 is 5.32 Å². The third-order valence-electron chi connectivity index (χ3n) is 2.71. The van der Waals surface area contributed by atoms with E-state index in [9.17, 15) is 18.0 Å². The van der Waals surface area contributed by atoms with Crippen molar-refractivity contribution in [1.29, 1.82) is 0 Å². The second-order valence-corrected chi connectivity index (χ2v) is 4.63. The Hall–Kier alpha value is -2.35. The lowest BCUT2D eigenvalue weighted by Gasteiger charge is -2.08. The van der Waals surface area contributed by atoms with E-state index in [1.165, 1.54) is 12.1 Å². The Labute approximate surface area is 124 Å². The molecule has 0 bridgehead atoms. The van der Waals surface area contributed by atoms with Crippen LogP contribution in [-0.2, 0) is 18.4 Å². The van der Waals surface area contributed by atoms with Gasteiger partial charge in [-0.05, 0) is 17.7 Å². The highest BCUT2D eigenvalue weighted by Crippen LogP contribution is 2.16. The molecule has 1 heterocycles. The Bertz CT molecular complexity index is 636. The third-order valence-corrected chi connectivity index (χ3v) is 2.71. The number of alkyl halides is 3. The highest BCUT2D eigenvalue weighted by molar-refractivity contribution is 6.03. The highest BCUT2D eigenvalue weighted by atomic mass is 19.4. The molecule has 0 fully saturated rings. The van der Waals surface area contributed by atoms with Gasteiger partial charge in [0.05, 0.1) is 6.61 Å². The number of ether oxygens (including phenoxy) is 1. The van der Waals surface area contributed by atoms with Crippen LogP contribution in [0.3, 0.4) is 0 Å². The topological polar surface area (TPSA) is 56.2 Å². The van der Waals surface area contributed by atoms with Crippen LogP contribution in [0.5, 0.6) is 0 Å². The lowest BCUT2D eigenvalue weighted by molar-refractivity contribution is -0.176. The number of anilines is 1. The summed E-state index contributed by atoms with van der Waals surface area (Å²) in [5.41, 5.74) is 0.934. The van der Waals surface area contributed by atoms with Crippen molar-refractivity contribution < 1.29 is 22.7 Å². The summed E-state index contributed by atoms with van der Waals surface area (Å²) in [6.45, 7) is -1.46. The molecule has 22 heavy (non-hydrogen) atoms. The number of hydrogen-bond acceptors (Lipinski definition) is 3. The van der Waals surface area contributed by atoms with E-state index in [0.717, 1.165) is 0 Å². The predicted octanol–water partition coefficient (Wildman–Crippen LogP) is 2.75. The standard InChI is InChI=1S/C14H14F3N3O2/c1-20-7-6-12(19-20)18-13(21)11-4-2-10(3-5-11)8-22-9-14(15,16)17/h2-7H,8-9H2,1H3,(H,18,19,21). The lowest BCUT2D eigenvalue weighted by atomic mass is 10.1. The first kappa shape index (κ1) is 16.0. The first-order valence-corrected chi connectivity index (χ1v) is 6.38. The molecule has 2 aromatic rings. The second-order valence-electron chi connectivity index (χ2n) is 4.63. The van der Waals surface area contributed by atoms with Crippen molar-refractivity contribution in [1.82, 2.24) is 9.78 Å². The zero-order valence-electron chi connectivity index (χ0n) is 11.7. The van der Waals surface area contributed by atoms with E-state index in [4.69, 9.17) is 0 Å². The lowest BCUT2D eigenvalue weighted by Crippen LogP contribution is -2.16. The van der Waals surface area contributed by atoms with Crippen LogP contribution in [0.25, 0.3) is 0 Å². The van der Waals surface area contributed by atoms with E-state index < -0.39 is 12.8 Å². The first-order valence-electron chi connectivity index (χ1n) is 6.38. The zero-order chi connectivity index (χ0) is 16.2. The summed E-state index contributed by atoms with van der Waals surface area (Å²) < 4.78 is 42.0. The Balaban J connectivity index is 1.89. The van der Waals surface area contributed by atoms with E-state index in [2.05, 4.69) is 15.2 Å². The van der Waals surface area contributed by atoms with Gasteiger partial charge in [0.25, 0.3) is 5.91 Å². The van der Waals surface area contributed by atoms with Gasteiger partial charge < -0.3 is 10.1 Å². The van der Waals surface area contributed by atoms with E-state index in [-0.39, 0.29) is 12.5 Å². The molecule has 1 N–H and O–H groups in total. The van der Waals surface area contributed by atoms with Crippen LogP contribution in [0.15, 0.2) is 36.5 Å². The van der Waals surface area contributed by atoms with Gasteiger partial charge in [-0.2, -0.15) is 18.3 Å². The first-order chi connectivity index (χ1) is 10.3. The summed E-state index contributed by atoms with van der Waals surface area (Å²) in [6.07, 6.45) is -2.65. The van der Waals surface area contributed by atoms with Gasteiger partial charge in [0.2, 0.25) is 0 Å². The number of carbonyl (C=O) groups excluding carboxylic acids is 1. The predicted molar refractivity (Wildman–Crippen MR) is 73.3 cm³/mol. The molecule has 0 spiro atoms. The number of amides is 1. The molecule has 2 rings (SSSR count). The molecule has 1 amide bonds. The summed E-state index contributed by atoms with van der Waals surface area (Å²) in [5, 5.41) is 6.63. The monoisotopic (exact) mass is 313 g/mol. The average Bonchev–Trinajstić information content (AvgIpc) is 2.83. The molecule has 1 aromatic heterocycles. The van der Waals surface area contributed by atoms with E-state index >= 15 is 0 Å². The minimum atomic E-state index is -4.34. The van der Waals surface area contributed by atoms with E-state index in [1.54, 1.807) is 36.1 Å². The van der Waals surface area contributed by atoms with Crippen molar-refractivity contribution in [3.8, 4) is 0 Å². The Morgan fingerprint density at radius 2 is 1.95 bits per heavy atom. The van der Waals surface area contributed by atoms with Crippen LogP contribution >= 0.6 is 0 Å². The van der Waals surface area contributed by atoms with Crippen molar-refractivity contribution in [2.45, 2.75) is 12.8 Å². The van der Waals surface area contributed by atoms with Crippen molar-refractivity contribution in [3.63, 3.8) is 0 Å². The largest absolute Gasteiger partial charge is 0.411 e. The molecule has 1 aromatic carbocycles. The van der Waals surface area contributed by atoms with Crippen LogP contribution in [-0.4, -0.2) is 28.5 Å². The molecule has 0 aliphatic heterocycles. The van der Waals surface area contributed by atoms with Crippen molar-refractivity contribution in [2.24, 2.45) is 7.05 Å². The molecule has 0 saturated carbocycles. The second kappa shape index (κ2) is 6.61. The number of carbonyl (C=O) groups is 1. The van der Waals surface area contributed by atoms with Crippen molar-refractivity contribution in [3.05, 3.63) is 47.7 Å². The molecular weight excluding hydrogens is 299 g/mol. The number of halogens is 3. The summed E-state index contributed by atoms with van der Waals surface area (Å²) in [5.74, 6) is 0.0755. The maximum atomic E-state index is 12.0. The van der Waals surface area contributed by atoms with Crippen LogP contribution in [0.1, 0.15) is 15.9 Å². The Kier molecular flexibility index (Phi) is 4.81. The summed E-state index contributed by atoms with van der Waals surface area (Å²) >= 11 is 0. The van der Waals surface area contributed by atoms with Gasteiger partial charge in [0, 0.05) is 24.9 Å². The number of aryl methyl sites for hydroxylation is 1. The molecule has 0 aliphatic carbocycles. The Morgan fingerprint density at radius 3 is 2.50 bits per heavy atom. The number of hydrogen-bond donors (Lipinski definition) is 1. The van der Waals surface area contributed by atoms with Gasteiger partial charge in [-0.1, -0.05) is 12.1 Å². The van der Waals surface area contributed by atoms with Crippen molar-refractivity contribution in [2.75, 3.05) is 11.9 Å². The number of rotatable bonds is 5. The fourth-order valence-corrected chi connectivity index (χ4v) is 1.71. The summed E-state index contributed by atoms with van der Waals surface area (Å²) in [6, 6.07) is 7.78. The molecule has 0 atom stereocenters. The molecule has 8 heteroatoms. The average molecular weight is 313 g/mol. The SMILES string of the molecule is Cn1ccc(NC(=O)c2ccc(COCC(F)(F)F)cc2)n1. The molecule has 5 nitrogen and oxygen atoms in total. The number of aromatic nitrogens is 2. The van der Waals surface area contributed by atoms with E-state index in [0.29, 0.717) is 16.9 Å². The Morgan fingerprint density at radius 1 is 1.27 bits per heavy atom. The van der Waals surface area contributed by atoms with Gasteiger partial charge >= 0.3 is 6.18 Å². The van der Waals surface area contributed by atoms with Gasteiger partial charge in [0.1, 0.15) is 6.61 Å². The molecule has 0 aliphatic rings. The smallest absolute Gasteiger partial charge is 0.367 e. The maximum absolute atomic E-state index is 12.0. The van der Waals surface area contributed by atoms with Crippen LogP contribution in [0, 0.1) is 0 Å². The van der Waals surface area contributed by atoms with Gasteiger partial charge in [-0.25, -0.2) is 0 Å². The number of nitrogens with one attached hydrogen (secondary N) is 1.